The third-order valence-corrected chi connectivity index (χ3v) is 3.01. The van der Waals surface area contributed by atoms with Gasteiger partial charge < -0.3 is 9.84 Å². The maximum Gasteiger partial charge on any atom is 0.422 e. The summed E-state index contributed by atoms with van der Waals surface area (Å²) in [5.41, 5.74) is -0.0700. The van der Waals surface area contributed by atoms with Gasteiger partial charge in [-0.1, -0.05) is 0 Å². The van der Waals surface area contributed by atoms with Crippen molar-refractivity contribution in [3.05, 3.63) is 11.3 Å². The molecular formula is C9H9F3N2O4S. The van der Waals surface area contributed by atoms with E-state index in [4.69, 9.17) is 5.11 Å². The van der Waals surface area contributed by atoms with E-state index in [0.717, 1.165) is 7.05 Å². The third kappa shape index (κ3) is 3.81. The van der Waals surface area contributed by atoms with Crippen LogP contribution in [-0.4, -0.2) is 41.4 Å². The summed E-state index contributed by atoms with van der Waals surface area (Å²) in [5.74, 6) is -1.32. The Morgan fingerprint density at radius 3 is 2.53 bits per heavy atom. The summed E-state index contributed by atoms with van der Waals surface area (Å²) in [4.78, 5) is 23.0. The van der Waals surface area contributed by atoms with Crippen molar-refractivity contribution in [2.75, 3.05) is 18.6 Å². The average molecular weight is 298 g/mol. The van der Waals surface area contributed by atoms with Crippen molar-refractivity contribution in [3.63, 3.8) is 0 Å². The van der Waals surface area contributed by atoms with Gasteiger partial charge in [-0.3, -0.25) is 4.90 Å². The average Bonchev–Trinajstić information content (AvgIpc) is 2.66. The molecule has 1 aromatic rings. The number of aromatic carboxylic acids is 1. The van der Waals surface area contributed by atoms with Crippen molar-refractivity contribution in [1.82, 2.24) is 4.37 Å². The molecule has 0 spiro atoms. The standard InChI is InChI=1S/C9H9F3N2O4S/c1-4-5(7(15)16)6(19-13-4)14(2)8(17)18-3-9(10,11)12/h3H2,1-2H3,(H,15,16). The van der Waals surface area contributed by atoms with Crippen molar-refractivity contribution >= 4 is 28.6 Å². The Morgan fingerprint density at radius 2 is 2.05 bits per heavy atom. The van der Waals surface area contributed by atoms with E-state index in [1.165, 1.54) is 6.92 Å². The van der Waals surface area contributed by atoms with Crippen LogP contribution < -0.4 is 4.90 Å². The number of carboxylic acid groups (broad SMARTS) is 1. The van der Waals surface area contributed by atoms with Crippen LogP contribution in [0.1, 0.15) is 16.1 Å². The lowest BCUT2D eigenvalue weighted by Gasteiger charge is -2.16. The lowest BCUT2D eigenvalue weighted by Crippen LogP contribution is -2.31. The van der Waals surface area contributed by atoms with Crippen LogP contribution >= 0.6 is 11.5 Å². The van der Waals surface area contributed by atoms with Gasteiger partial charge in [0.15, 0.2) is 6.61 Å². The Labute approximate surface area is 109 Å². The van der Waals surface area contributed by atoms with E-state index < -0.39 is 24.8 Å². The molecule has 0 aliphatic carbocycles. The molecule has 0 radical (unpaired) electrons. The number of ether oxygens (including phenoxy) is 1. The number of hydrogen-bond donors (Lipinski definition) is 1. The Kier molecular flexibility index (Phi) is 4.35. The quantitative estimate of drug-likeness (QED) is 0.926. The van der Waals surface area contributed by atoms with Crippen LogP contribution in [-0.2, 0) is 4.74 Å². The second kappa shape index (κ2) is 5.43. The second-order valence-corrected chi connectivity index (χ2v) is 4.23. The topological polar surface area (TPSA) is 79.7 Å². The Balaban J connectivity index is 2.86. The van der Waals surface area contributed by atoms with E-state index in [2.05, 4.69) is 9.11 Å². The zero-order valence-corrected chi connectivity index (χ0v) is 10.6. The molecule has 0 unspecified atom stereocenters. The van der Waals surface area contributed by atoms with E-state index >= 15 is 0 Å². The van der Waals surface area contributed by atoms with Crippen molar-refractivity contribution in [3.8, 4) is 0 Å². The normalized spacial score (nSPS) is 11.2. The predicted molar refractivity (Wildman–Crippen MR) is 59.6 cm³/mol. The summed E-state index contributed by atoms with van der Waals surface area (Å²) in [5, 5.41) is 8.85. The molecule has 1 amide bonds. The molecule has 1 aromatic heterocycles. The first-order chi connectivity index (χ1) is 8.63. The third-order valence-electron chi connectivity index (χ3n) is 2.00. The number of halogens is 3. The van der Waals surface area contributed by atoms with E-state index in [1.807, 2.05) is 0 Å². The Morgan fingerprint density at radius 1 is 1.47 bits per heavy atom. The van der Waals surface area contributed by atoms with Crippen LogP contribution in [0.4, 0.5) is 23.0 Å². The lowest BCUT2D eigenvalue weighted by atomic mass is 10.2. The van der Waals surface area contributed by atoms with Crippen molar-refractivity contribution in [2.45, 2.75) is 13.1 Å². The van der Waals surface area contributed by atoms with Crippen molar-refractivity contribution < 1.29 is 32.6 Å². The number of rotatable bonds is 3. The molecule has 10 heteroatoms. The number of alkyl halides is 3. The van der Waals surface area contributed by atoms with Crippen LogP contribution in [0.2, 0.25) is 0 Å². The van der Waals surface area contributed by atoms with Crippen molar-refractivity contribution in [2.24, 2.45) is 0 Å². The SMILES string of the molecule is Cc1nsc(N(C)C(=O)OCC(F)(F)F)c1C(=O)O. The summed E-state index contributed by atoms with van der Waals surface area (Å²) >= 11 is 0.687. The maximum atomic E-state index is 11.9. The predicted octanol–water partition coefficient (Wildman–Crippen LogP) is 2.28. The number of amides is 1. The van der Waals surface area contributed by atoms with Gasteiger partial charge in [0, 0.05) is 7.05 Å². The number of hydrogen-bond acceptors (Lipinski definition) is 5. The zero-order valence-electron chi connectivity index (χ0n) is 9.82. The van der Waals surface area contributed by atoms with Crippen LogP contribution in [0.5, 0.6) is 0 Å². The molecular weight excluding hydrogens is 289 g/mol. The molecule has 0 atom stereocenters. The van der Waals surface area contributed by atoms with Crippen LogP contribution in [0.15, 0.2) is 0 Å². The molecule has 19 heavy (non-hydrogen) atoms. The number of nitrogens with zero attached hydrogens (tertiary/aromatic N) is 2. The number of carbonyl (C=O) groups is 2. The molecule has 0 aliphatic rings. The minimum Gasteiger partial charge on any atom is -0.478 e. The van der Waals surface area contributed by atoms with Gasteiger partial charge in [-0.05, 0) is 18.5 Å². The molecule has 0 saturated carbocycles. The van der Waals surface area contributed by atoms with Gasteiger partial charge in [-0.15, -0.1) is 0 Å². The molecule has 0 aromatic carbocycles. The van der Waals surface area contributed by atoms with Gasteiger partial charge in [0.25, 0.3) is 0 Å². The van der Waals surface area contributed by atoms with Gasteiger partial charge in [-0.2, -0.15) is 17.5 Å². The monoisotopic (exact) mass is 298 g/mol. The van der Waals surface area contributed by atoms with Gasteiger partial charge in [0.2, 0.25) is 0 Å². The number of carbonyl (C=O) groups excluding carboxylic acids is 1. The molecule has 6 nitrogen and oxygen atoms in total. The van der Waals surface area contributed by atoms with Gasteiger partial charge >= 0.3 is 18.2 Å². The molecule has 0 bridgehead atoms. The second-order valence-electron chi connectivity index (χ2n) is 3.48. The summed E-state index contributed by atoms with van der Waals surface area (Å²) in [6, 6.07) is 0. The summed E-state index contributed by atoms with van der Waals surface area (Å²) in [6.07, 6.45) is -5.95. The largest absolute Gasteiger partial charge is 0.478 e. The van der Waals surface area contributed by atoms with Gasteiger partial charge in [0.1, 0.15) is 10.6 Å². The highest BCUT2D eigenvalue weighted by atomic mass is 32.1. The smallest absolute Gasteiger partial charge is 0.422 e. The molecule has 0 saturated heterocycles. The first kappa shape index (κ1) is 15.2. The van der Waals surface area contributed by atoms with Crippen LogP contribution in [0.25, 0.3) is 0 Å². The van der Waals surface area contributed by atoms with Crippen LogP contribution in [0, 0.1) is 6.92 Å². The molecule has 0 fully saturated rings. The molecule has 1 heterocycles. The van der Waals surface area contributed by atoms with Crippen molar-refractivity contribution in [1.29, 1.82) is 0 Å². The number of aromatic nitrogens is 1. The summed E-state index contributed by atoms with van der Waals surface area (Å²) in [7, 11) is 1.11. The lowest BCUT2D eigenvalue weighted by molar-refractivity contribution is -0.159. The Hall–Kier alpha value is -1.84. The van der Waals surface area contributed by atoms with E-state index in [0.29, 0.717) is 16.4 Å². The summed E-state index contributed by atoms with van der Waals surface area (Å²) in [6.45, 7) is -0.325. The molecule has 106 valence electrons. The zero-order chi connectivity index (χ0) is 14.8. The maximum absolute atomic E-state index is 11.9. The van der Waals surface area contributed by atoms with E-state index in [-0.39, 0.29) is 16.3 Å². The highest BCUT2D eigenvalue weighted by Gasteiger charge is 2.31. The van der Waals surface area contributed by atoms with E-state index in [9.17, 15) is 22.8 Å². The molecule has 1 N–H and O–H groups in total. The number of anilines is 1. The molecule has 1 rings (SSSR count). The Bertz CT molecular complexity index is 500. The first-order valence-electron chi connectivity index (χ1n) is 4.80. The first-order valence-corrected chi connectivity index (χ1v) is 5.57. The fraction of sp³-hybridized carbons (Fsp3) is 0.444. The molecule has 0 aliphatic heterocycles. The number of carboxylic acids is 1. The van der Waals surface area contributed by atoms with Crippen LogP contribution in [0.3, 0.4) is 0 Å². The fourth-order valence-corrected chi connectivity index (χ4v) is 1.99. The highest BCUT2D eigenvalue weighted by Crippen LogP contribution is 2.28. The minimum atomic E-state index is -4.64. The minimum absolute atomic E-state index is 0.0859. The highest BCUT2D eigenvalue weighted by molar-refractivity contribution is 7.11. The fourth-order valence-electron chi connectivity index (χ4n) is 1.16. The van der Waals surface area contributed by atoms with E-state index in [1.54, 1.807) is 0 Å². The van der Waals surface area contributed by atoms with Gasteiger partial charge in [0.05, 0.1) is 5.69 Å². The van der Waals surface area contributed by atoms with Gasteiger partial charge in [-0.25, -0.2) is 9.59 Å². The number of aryl methyl sites for hydroxylation is 1. The summed E-state index contributed by atoms with van der Waals surface area (Å²) < 4.78 is 43.4.